The van der Waals surface area contributed by atoms with E-state index in [4.69, 9.17) is 0 Å². The normalized spacial score (nSPS) is 15.8. The Morgan fingerprint density at radius 2 is 1.88 bits per heavy atom. The molecule has 2 unspecified atom stereocenters. The second-order valence-corrected chi connectivity index (χ2v) is 6.64. The van der Waals surface area contributed by atoms with E-state index in [-0.39, 0.29) is 0 Å². The fourth-order valence-electron chi connectivity index (χ4n) is 1.52. The van der Waals surface area contributed by atoms with E-state index in [0.717, 1.165) is 17.4 Å². The van der Waals surface area contributed by atoms with Crippen molar-refractivity contribution in [3.8, 4) is 0 Å². The maximum atomic E-state index is 11.3. The van der Waals surface area contributed by atoms with Crippen LogP contribution in [-0.2, 0) is 16.3 Å². The lowest BCUT2D eigenvalue weighted by atomic mass is 10.0. The maximum Gasteiger partial charge on any atom is 0.152 e. The molecule has 0 fully saturated rings. The molecule has 0 aliphatic rings. The largest absolute Gasteiger partial charge is 0.391 e. The van der Waals surface area contributed by atoms with E-state index in [0.29, 0.717) is 6.42 Å². The molecule has 0 saturated carbocycles. The van der Waals surface area contributed by atoms with Gasteiger partial charge in [0.2, 0.25) is 0 Å². The minimum absolute atomic E-state index is 0.376. The summed E-state index contributed by atoms with van der Waals surface area (Å²) < 4.78 is 22.6. The molecule has 1 rings (SSSR count). The predicted molar refractivity (Wildman–Crippen MR) is 65.2 cm³/mol. The zero-order chi connectivity index (χ0) is 12.3. The monoisotopic (exact) mass is 242 g/mol. The number of aliphatic hydroxyl groups excluding tert-OH is 1. The summed E-state index contributed by atoms with van der Waals surface area (Å²) in [6.07, 6.45) is 0.677. The van der Waals surface area contributed by atoms with Crippen molar-refractivity contribution in [2.75, 3.05) is 6.26 Å². The molecule has 1 aromatic carbocycles. The van der Waals surface area contributed by atoms with E-state index in [9.17, 15) is 13.5 Å². The molecule has 0 spiro atoms. The van der Waals surface area contributed by atoms with Crippen molar-refractivity contribution in [1.82, 2.24) is 0 Å². The average molecular weight is 242 g/mol. The number of aryl methyl sites for hydroxylation is 1. The van der Waals surface area contributed by atoms with Crippen LogP contribution in [0.3, 0.4) is 0 Å². The lowest BCUT2D eigenvalue weighted by Crippen LogP contribution is -2.32. The van der Waals surface area contributed by atoms with Crippen LogP contribution in [0.15, 0.2) is 24.3 Å². The summed E-state index contributed by atoms with van der Waals surface area (Å²) in [4.78, 5) is 0. The number of rotatable bonds is 4. The van der Waals surface area contributed by atoms with Crippen LogP contribution in [0, 0.1) is 6.92 Å². The van der Waals surface area contributed by atoms with E-state index in [2.05, 4.69) is 0 Å². The van der Waals surface area contributed by atoms with Gasteiger partial charge in [-0.1, -0.05) is 24.3 Å². The summed E-state index contributed by atoms with van der Waals surface area (Å²) in [6.45, 7) is 3.49. The van der Waals surface area contributed by atoms with Crippen molar-refractivity contribution in [3.05, 3.63) is 35.4 Å². The van der Waals surface area contributed by atoms with Crippen LogP contribution < -0.4 is 0 Å². The Labute approximate surface area is 97.0 Å². The highest BCUT2D eigenvalue weighted by molar-refractivity contribution is 7.91. The van der Waals surface area contributed by atoms with E-state index in [1.165, 1.54) is 6.92 Å². The molecule has 0 aliphatic carbocycles. The van der Waals surface area contributed by atoms with Crippen molar-refractivity contribution in [2.24, 2.45) is 0 Å². The molecule has 90 valence electrons. The molecule has 3 nitrogen and oxygen atoms in total. The minimum Gasteiger partial charge on any atom is -0.391 e. The Bertz CT molecular complexity index is 451. The van der Waals surface area contributed by atoms with Gasteiger partial charge < -0.3 is 5.11 Å². The second kappa shape index (κ2) is 4.97. The highest BCUT2D eigenvalue weighted by atomic mass is 32.2. The van der Waals surface area contributed by atoms with Crippen LogP contribution in [0.25, 0.3) is 0 Å². The van der Waals surface area contributed by atoms with Gasteiger partial charge in [-0.2, -0.15) is 0 Å². The standard InChI is InChI=1S/C12H18O3S/c1-9-6-4-5-7-11(9)8-12(13)10(2)16(3,14)15/h4-7,10,12-13H,8H2,1-3H3. The molecular formula is C12H18O3S. The van der Waals surface area contributed by atoms with Crippen LogP contribution in [-0.4, -0.2) is 31.1 Å². The Morgan fingerprint density at radius 3 is 2.38 bits per heavy atom. The van der Waals surface area contributed by atoms with Gasteiger partial charge in [-0.05, 0) is 31.4 Å². The fraction of sp³-hybridized carbons (Fsp3) is 0.500. The first-order chi connectivity index (χ1) is 7.32. The minimum atomic E-state index is -3.19. The third-order valence-corrected chi connectivity index (χ3v) is 4.57. The van der Waals surface area contributed by atoms with Crippen molar-refractivity contribution in [1.29, 1.82) is 0 Å². The molecule has 0 aliphatic heterocycles. The molecule has 16 heavy (non-hydrogen) atoms. The lowest BCUT2D eigenvalue weighted by molar-refractivity contribution is 0.173. The third kappa shape index (κ3) is 3.32. The number of sulfone groups is 1. The third-order valence-electron chi connectivity index (χ3n) is 2.91. The first kappa shape index (κ1) is 13.2. The molecule has 0 bridgehead atoms. The highest BCUT2D eigenvalue weighted by Gasteiger charge is 2.24. The zero-order valence-corrected chi connectivity index (χ0v) is 10.7. The summed E-state index contributed by atoms with van der Waals surface area (Å²) in [5.74, 6) is 0. The SMILES string of the molecule is Cc1ccccc1CC(O)C(C)S(C)(=O)=O. The zero-order valence-electron chi connectivity index (χ0n) is 9.84. The Hall–Kier alpha value is -0.870. The molecule has 0 radical (unpaired) electrons. The summed E-state index contributed by atoms with van der Waals surface area (Å²) in [6, 6.07) is 7.67. The van der Waals surface area contributed by atoms with Crippen LogP contribution in [0.5, 0.6) is 0 Å². The summed E-state index contributed by atoms with van der Waals surface area (Å²) >= 11 is 0. The molecular weight excluding hydrogens is 224 g/mol. The van der Waals surface area contributed by atoms with Gasteiger partial charge in [0.1, 0.15) is 0 Å². The number of aliphatic hydroxyl groups is 1. The summed E-state index contributed by atoms with van der Waals surface area (Å²) in [5.41, 5.74) is 2.06. The first-order valence-corrected chi connectivity index (χ1v) is 7.19. The summed E-state index contributed by atoms with van der Waals surface area (Å²) in [7, 11) is -3.19. The smallest absolute Gasteiger partial charge is 0.152 e. The first-order valence-electron chi connectivity index (χ1n) is 5.24. The van der Waals surface area contributed by atoms with Gasteiger partial charge in [-0.15, -0.1) is 0 Å². The second-order valence-electron chi connectivity index (χ2n) is 4.23. The Morgan fingerprint density at radius 1 is 1.31 bits per heavy atom. The summed E-state index contributed by atoms with van der Waals surface area (Å²) in [5, 5.41) is 9.12. The lowest BCUT2D eigenvalue weighted by Gasteiger charge is -2.18. The number of benzene rings is 1. The molecule has 0 amide bonds. The topological polar surface area (TPSA) is 54.4 Å². The van der Waals surface area contributed by atoms with E-state index >= 15 is 0 Å². The molecule has 0 heterocycles. The van der Waals surface area contributed by atoms with Gasteiger partial charge in [0.15, 0.2) is 9.84 Å². The molecule has 1 N–H and O–H groups in total. The molecule has 1 aromatic rings. The van der Waals surface area contributed by atoms with Crippen LogP contribution in [0.4, 0.5) is 0 Å². The van der Waals surface area contributed by atoms with Crippen LogP contribution in [0.2, 0.25) is 0 Å². The fourth-order valence-corrected chi connectivity index (χ4v) is 2.18. The maximum absolute atomic E-state index is 11.3. The number of hydrogen-bond acceptors (Lipinski definition) is 3. The van der Waals surface area contributed by atoms with Crippen molar-refractivity contribution in [3.63, 3.8) is 0 Å². The molecule has 0 saturated heterocycles. The quantitative estimate of drug-likeness (QED) is 0.866. The highest BCUT2D eigenvalue weighted by Crippen LogP contribution is 2.14. The van der Waals surface area contributed by atoms with Crippen molar-refractivity contribution in [2.45, 2.75) is 31.6 Å². The van der Waals surface area contributed by atoms with E-state index in [1.54, 1.807) is 0 Å². The average Bonchev–Trinajstić information content (AvgIpc) is 2.19. The van der Waals surface area contributed by atoms with E-state index < -0.39 is 21.2 Å². The predicted octanol–water partition coefficient (Wildman–Crippen LogP) is 1.33. The Balaban J connectivity index is 2.80. The molecule has 2 atom stereocenters. The van der Waals surface area contributed by atoms with Gasteiger partial charge in [0, 0.05) is 6.26 Å². The van der Waals surface area contributed by atoms with Gasteiger partial charge in [-0.3, -0.25) is 0 Å². The van der Waals surface area contributed by atoms with Gasteiger partial charge in [-0.25, -0.2) is 8.42 Å². The van der Waals surface area contributed by atoms with E-state index in [1.807, 2.05) is 31.2 Å². The molecule has 0 aromatic heterocycles. The van der Waals surface area contributed by atoms with Crippen molar-refractivity contribution >= 4 is 9.84 Å². The van der Waals surface area contributed by atoms with Crippen molar-refractivity contribution < 1.29 is 13.5 Å². The van der Waals surface area contributed by atoms with Crippen LogP contribution >= 0.6 is 0 Å². The number of hydrogen-bond donors (Lipinski definition) is 1. The van der Waals surface area contributed by atoms with Gasteiger partial charge in [0.05, 0.1) is 11.4 Å². The van der Waals surface area contributed by atoms with Gasteiger partial charge in [0.25, 0.3) is 0 Å². The Kier molecular flexibility index (Phi) is 4.10. The molecule has 4 heteroatoms. The van der Waals surface area contributed by atoms with Gasteiger partial charge >= 0.3 is 0 Å². The van der Waals surface area contributed by atoms with Crippen LogP contribution in [0.1, 0.15) is 18.1 Å².